The molecule has 20 heavy (non-hydrogen) atoms. The molecule has 3 heterocycles. The van der Waals surface area contributed by atoms with Crippen molar-refractivity contribution in [3.8, 4) is 0 Å². The number of pyridine rings is 1. The summed E-state index contributed by atoms with van der Waals surface area (Å²) in [4.78, 5) is 9.20. The van der Waals surface area contributed by atoms with Gasteiger partial charge in [-0.05, 0) is 37.8 Å². The number of hydrogen-bond acceptors (Lipinski definition) is 4. The maximum absolute atomic E-state index is 5.46. The summed E-state index contributed by atoms with van der Waals surface area (Å²) >= 11 is 0. The predicted molar refractivity (Wildman–Crippen MR) is 81.0 cm³/mol. The number of ether oxygens (including phenoxy) is 1. The van der Waals surface area contributed by atoms with Gasteiger partial charge in [-0.15, -0.1) is 0 Å². The molecule has 1 unspecified atom stereocenters. The van der Waals surface area contributed by atoms with Gasteiger partial charge in [-0.2, -0.15) is 0 Å². The summed E-state index contributed by atoms with van der Waals surface area (Å²) in [6, 6.07) is 4.93. The van der Waals surface area contributed by atoms with Crippen molar-refractivity contribution >= 4 is 5.69 Å². The van der Waals surface area contributed by atoms with E-state index in [0.29, 0.717) is 6.04 Å². The Balaban J connectivity index is 1.53. The molecule has 0 saturated carbocycles. The van der Waals surface area contributed by atoms with Crippen LogP contribution in [0, 0.1) is 5.92 Å². The monoisotopic (exact) mass is 275 g/mol. The fourth-order valence-corrected chi connectivity index (χ4v) is 3.48. The second-order valence-electron chi connectivity index (χ2n) is 5.92. The number of aromatic nitrogens is 1. The van der Waals surface area contributed by atoms with Gasteiger partial charge in [-0.25, -0.2) is 0 Å². The first-order chi connectivity index (χ1) is 9.84. The van der Waals surface area contributed by atoms with Gasteiger partial charge in [0.25, 0.3) is 0 Å². The fraction of sp³-hybridized carbons (Fsp3) is 0.688. The molecule has 0 spiro atoms. The highest BCUT2D eigenvalue weighted by Crippen LogP contribution is 2.27. The molecule has 1 aromatic rings. The van der Waals surface area contributed by atoms with Gasteiger partial charge in [-0.1, -0.05) is 0 Å². The van der Waals surface area contributed by atoms with Crippen LogP contribution in [0.3, 0.4) is 0 Å². The van der Waals surface area contributed by atoms with Gasteiger partial charge in [0.05, 0.1) is 13.2 Å². The highest BCUT2D eigenvalue weighted by atomic mass is 16.5. The van der Waals surface area contributed by atoms with E-state index >= 15 is 0 Å². The molecule has 0 bridgehead atoms. The van der Waals surface area contributed by atoms with E-state index < -0.39 is 0 Å². The van der Waals surface area contributed by atoms with E-state index in [9.17, 15) is 0 Å². The van der Waals surface area contributed by atoms with Crippen LogP contribution < -0.4 is 4.90 Å². The van der Waals surface area contributed by atoms with E-state index in [2.05, 4.69) is 33.8 Å². The molecule has 0 aliphatic carbocycles. The summed E-state index contributed by atoms with van der Waals surface area (Å²) in [5.74, 6) is 0.825. The van der Waals surface area contributed by atoms with Crippen LogP contribution in [0.2, 0.25) is 0 Å². The van der Waals surface area contributed by atoms with Crippen molar-refractivity contribution in [2.75, 3.05) is 44.3 Å². The fourth-order valence-electron chi connectivity index (χ4n) is 3.48. The lowest BCUT2D eigenvalue weighted by Gasteiger charge is -2.41. The molecule has 110 valence electrons. The van der Waals surface area contributed by atoms with Crippen molar-refractivity contribution in [1.29, 1.82) is 0 Å². The van der Waals surface area contributed by atoms with Gasteiger partial charge >= 0.3 is 0 Å². The molecule has 3 rings (SSSR count). The molecule has 2 aliphatic rings. The molecule has 1 atom stereocenters. The molecular weight excluding hydrogens is 250 g/mol. The van der Waals surface area contributed by atoms with Gasteiger partial charge in [-0.3, -0.25) is 9.88 Å². The van der Waals surface area contributed by atoms with E-state index in [1.165, 1.54) is 31.6 Å². The zero-order chi connectivity index (χ0) is 13.8. The number of hydrogen-bond donors (Lipinski definition) is 0. The van der Waals surface area contributed by atoms with Crippen LogP contribution in [-0.2, 0) is 4.74 Å². The van der Waals surface area contributed by atoms with Crippen molar-refractivity contribution in [3.05, 3.63) is 24.5 Å². The van der Waals surface area contributed by atoms with Crippen LogP contribution in [0.4, 0.5) is 5.69 Å². The second-order valence-corrected chi connectivity index (χ2v) is 5.92. The summed E-state index contributed by atoms with van der Waals surface area (Å²) in [5, 5.41) is 0. The third kappa shape index (κ3) is 3.13. The molecule has 0 aromatic carbocycles. The largest absolute Gasteiger partial charge is 0.379 e. The van der Waals surface area contributed by atoms with E-state index in [-0.39, 0.29) is 0 Å². The Morgan fingerprint density at radius 1 is 1.10 bits per heavy atom. The molecule has 4 heteroatoms. The normalized spacial score (nSPS) is 23.8. The molecule has 2 saturated heterocycles. The first kappa shape index (κ1) is 13.8. The average molecular weight is 275 g/mol. The minimum atomic E-state index is 0.693. The van der Waals surface area contributed by atoms with Crippen LogP contribution >= 0.6 is 0 Å². The first-order valence-electron chi connectivity index (χ1n) is 7.81. The molecule has 2 fully saturated rings. The third-order valence-electron chi connectivity index (χ3n) is 4.87. The van der Waals surface area contributed by atoms with E-state index in [1.54, 1.807) is 0 Å². The number of piperidine rings is 1. The van der Waals surface area contributed by atoms with Crippen molar-refractivity contribution in [1.82, 2.24) is 9.88 Å². The number of morpholine rings is 1. The second kappa shape index (κ2) is 6.55. The Morgan fingerprint density at radius 2 is 1.75 bits per heavy atom. The number of anilines is 1. The quantitative estimate of drug-likeness (QED) is 0.844. The summed E-state index contributed by atoms with van der Waals surface area (Å²) in [5.41, 5.74) is 1.32. The maximum Gasteiger partial charge on any atom is 0.0594 e. The lowest BCUT2D eigenvalue weighted by molar-refractivity contribution is 0.00449. The number of nitrogens with zero attached hydrogens (tertiary/aromatic N) is 3. The van der Waals surface area contributed by atoms with E-state index in [1.807, 2.05) is 12.4 Å². The molecular formula is C16H25N3O. The molecule has 4 nitrogen and oxygen atoms in total. The lowest BCUT2D eigenvalue weighted by Crippen LogP contribution is -2.48. The molecule has 0 radical (unpaired) electrons. The Hall–Kier alpha value is -1.13. The van der Waals surface area contributed by atoms with Crippen LogP contribution in [0.25, 0.3) is 0 Å². The minimum Gasteiger partial charge on any atom is -0.379 e. The van der Waals surface area contributed by atoms with Crippen molar-refractivity contribution in [2.24, 2.45) is 5.92 Å². The van der Waals surface area contributed by atoms with Crippen LogP contribution in [0.1, 0.15) is 19.8 Å². The van der Waals surface area contributed by atoms with Crippen LogP contribution in [0.15, 0.2) is 24.5 Å². The van der Waals surface area contributed by atoms with Crippen molar-refractivity contribution < 1.29 is 4.74 Å². The molecule has 0 amide bonds. The Bertz CT molecular complexity index is 397. The van der Waals surface area contributed by atoms with Gasteiger partial charge in [0.15, 0.2) is 0 Å². The highest BCUT2D eigenvalue weighted by Gasteiger charge is 2.28. The number of rotatable bonds is 3. The Labute approximate surface area is 121 Å². The molecule has 0 N–H and O–H groups in total. The highest BCUT2D eigenvalue weighted by molar-refractivity contribution is 5.44. The van der Waals surface area contributed by atoms with Crippen LogP contribution in [0.5, 0.6) is 0 Å². The van der Waals surface area contributed by atoms with Gasteiger partial charge in [0.1, 0.15) is 0 Å². The summed E-state index contributed by atoms with van der Waals surface area (Å²) in [7, 11) is 0. The van der Waals surface area contributed by atoms with Gasteiger partial charge in [0, 0.05) is 50.3 Å². The average Bonchev–Trinajstić information content (AvgIpc) is 2.56. The van der Waals surface area contributed by atoms with Crippen molar-refractivity contribution in [3.63, 3.8) is 0 Å². The standard InChI is InChI=1S/C16H25N3O/c1-14(18-10-12-20-13-11-18)15-4-8-19(9-5-15)16-2-6-17-7-3-16/h2-3,6-7,14-15H,4-5,8-13H2,1H3. The first-order valence-corrected chi connectivity index (χ1v) is 7.81. The third-order valence-corrected chi connectivity index (χ3v) is 4.87. The minimum absolute atomic E-state index is 0.693. The predicted octanol–water partition coefficient (Wildman–Crippen LogP) is 2.02. The van der Waals surface area contributed by atoms with E-state index in [0.717, 1.165) is 32.2 Å². The summed E-state index contributed by atoms with van der Waals surface area (Å²) in [6.45, 7) is 8.75. The summed E-state index contributed by atoms with van der Waals surface area (Å²) < 4.78 is 5.46. The van der Waals surface area contributed by atoms with Crippen molar-refractivity contribution in [2.45, 2.75) is 25.8 Å². The SMILES string of the molecule is CC(C1CCN(c2ccncc2)CC1)N1CCOCC1. The van der Waals surface area contributed by atoms with Gasteiger partial charge in [0.2, 0.25) is 0 Å². The molecule has 2 aliphatic heterocycles. The van der Waals surface area contributed by atoms with Crippen LogP contribution in [-0.4, -0.2) is 55.3 Å². The van der Waals surface area contributed by atoms with E-state index in [4.69, 9.17) is 4.74 Å². The zero-order valence-electron chi connectivity index (χ0n) is 12.4. The Kier molecular flexibility index (Phi) is 4.53. The lowest BCUT2D eigenvalue weighted by atomic mass is 9.89. The topological polar surface area (TPSA) is 28.6 Å². The maximum atomic E-state index is 5.46. The van der Waals surface area contributed by atoms with Gasteiger partial charge < -0.3 is 9.64 Å². The zero-order valence-corrected chi connectivity index (χ0v) is 12.4. The molecule has 1 aromatic heterocycles. The smallest absolute Gasteiger partial charge is 0.0594 e. The summed E-state index contributed by atoms with van der Waals surface area (Å²) in [6.07, 6.45) is 6.36. The Morgan fingerprint density at radius 3 is 2.40 bits per heavy atom.